The van der Waals surface area contributed by atoms with Crippen molar-refractivity contribution in [2.24, 2.45) is 5.92 Å². The molecule has 23 heavy (non-hydrogen) atoms. The summed E-state index contributed by atoms with van der Waals surface area (Å²) in [4.78, 5) is 23.3. The van der Waals surface area contributed by atoms with Crippen LogP contribution in [0.2, 0.25) is 0 Å². The second kappa shape index (κ2) is 5.55. The van der Waals surface area contributed by atoms with Crippen LogP contribution in [0.4, 0.5) is 18.0 Å². The Bertz CT molecular complexity index is 681. The Hall–Kier alpha value is -2.60. The molecule has 1 aromatic carbocycles. The number of hydrogen-bond donors (Lipinski definition) is 3. The van der Waals surface area contributed by atoms with E-state index in [0.29, 0.717) is 0 Å². The second-order valence-electron chi connectivity index (χ2n) is 5.16. The van der Waals surface area contributed by atoms with Gasteiger partial charge in [0.1, 0.15) is 5.78 Å². The van der Waals surface area contributed by atoms with Gasteiger partial charge in [0.05, 0.1) is 23.6 Å². The van der Waals surface area contributed by atoms with Gasteiger partial charge in [-0.1, -0.05) is 12.1 Å². The summed E-state index contributed by atoms with van der Waals surface area (Å²) in [6.45, 7) is 0.900. The molecule has 0 aliphatic carbocycles. The van der Waals surface area contributed by atoms with E-state index in [1.807, 2.05) is 6.07 Å². The topological polar surface area (TPSA) is 102 Å². The number of halogens is 3. The molecule has 0 bridgehead atoms. The lowest BCUT2D eigenvalue weighted by atomic mass is 9.79. The van der Waals surface area contributed by atoms with Gasteiger partial charge in [0.25, 0.3) is 0 Å². The van der Waals surface area contributed by atoms with Crippen molar-refractivity contribution in [1.82, 2.24) is 10.6 Å². The highest BCUT2D eigenvalue weighted by Gasteiger charge is 2.65. The Morgan fingerprint density at radius 3 is 2.35 bits per heavy atom. The first kappa shape index (κ1) is 16.8. The van der Waals surface area contributed by atoms with E-state index in [4.69, 9.17) is 5.26 Å². The molecule has 1 fully saturated rings. The summed E-state index contributed by atoms with van der Waals surface area (Å²) < 4.78 is 39.7. The summed E-state index contributed by atoms with van der Waals surface area (Å²) in [6.07, 6.45) is -5.24. The van der Waals surface area contributed by atoms with Crippen LogP contribution in [0.5, 0.6) is 0 Å². The average molecular weight is 327 g/mol. The molecule has 1 aliphatic rings. The third-order valence-electron chi connectivity index (χ3n) is 3.64. The van der Waals surface area contributed by atoms with Gasteiger partial charge in [-0.15, -0.1) is 0 Å². The predicted octanol–water partition coefficient (Wildman–Crippen LogP) is 1.37. The predicted molar refractivity (Wildman–Crippen MR) is 70.7 cm³/mol. The summed E-state index contributed by atoms with van der Waals surface area (Å²) in [5.41, 5.74) is -3.25. The quantitative estimate of drug-likeness (QED) is 0.763. The molecule has 1 saturated heterocycles. The highest BCUT2D eigenvalue weighted by molar-refractivity contribution is 5.86. The number of carbonyl (C=O) groups is 2. The number of ketones is 1. The van der Waals surface area contributed by atoms with Crippen molar-refractivity contribution in [2.75, 3.05) is 0 Å². The minimum atomic E-state index is -5.24. The van der Waals surface area contributed by atoms with Crippen LogP contribution in [-0.2, 0) is 4.79 Å². The van der Waals surface area contributed by atoms with Gasteiger partial charge < -0.3 is 15.7 Å². The van der Waals surface area contributed by atoms with E-state index in [1.54, 1.807) is 0 Å². The van der Waals surface area contributed by atoms with Crippen molar-refractivity contribution in [1.29, 1.82) is 5.26 Å². The van der Waals surface area contributed by atoms with E-state index in [1.165, 1.54) is 29.6 Å². The number of aliphatic hydroxyl groups is 1. The zero-order valence-corrected chi connectivity index (χ0v) is 11.8. The van der Waals surface area contributed by atoms with Gasteiger partial charge in [-0.05, 0) is 24.6 Å². The molecule has 0 radical (unpaired) electrons. The van der Waals surface area contributed by atoms with Crippen LogP contribution in [0.3, 0.4) is 0 Å². The standard InChI is InChI=1S/C14H12F3N3O3/c1-7(21)10-11(9-4-2-8(6-18)3-5-9)19-12(22)20-13(10,23)14(15,16)17/h2-5,10-11,23H,1H3,(H2,19,20,22). The number of nitriles is 1. The van der Waals surface area contributed by atoms with Crippen LogP contribution in [0.1, 0.15) is 24.1 Å². The SMILES string of the molecule is CC(=O)C1C(c2ccc(C#N)cc2)NC(=O)NC1(O)C(F)(F)F. The van der Waals surface area contributed by atoms with Gasteiger partial charge >= 0.3 is 12.2 Å². The first-order valence-corrected chi connectivity index (χ1v) is 6.48. The molecule has 2 amide bonds. The Morgan fingerprint density at radius 2 is 1.91 bits per heavy atom. The molecule has 0 saturated carbocycles. The highest BCUT2D eigenvalue weighted by Crippen LogP contribution is 2.42. The third kappa shape index (κ3) is 2.85. The lowest BCUT2D eigenvalue weighted by Crippen LogP contribution is -2.72. The van der Waals surface area contributed by atoms with Crippen molar-refractivity contribution in [3.63, 3.8) is 0 Å². The van der Waals surface area contributed by atoms with E-state index >= 15 is 0 Å². The first-order chi connectivity index (χ1) is 10.6. The molecule has 0 aromatic heterocycles. The summed E-state index contributed by atoms with van der Waals surface area (Å²) >= 11 is 0. The van der Waals surface area contributed by atoms with Crippen molar-refractivity contribution >= 4 is 11.8 Å². The maximum atomic E-state index is 13.2. The zero-order chi connectivity index (χ0) is 17.4. The van der Waals surface area contributed by atoms with E-state index in [9.17, 15) is 27.9 Å². The third-order valence-corrected chi connectivity index (χ3v) is 3.64. The summed E-state index contributed by atoms with van der Waals surface area (Å²) in [7, 11) is 0. The van der Waals surface area contributed by atoms with Crippen molar-refractivity contribution in [2.45, 2.75) is 24.9 Å². The number of Topliss-reactive ketones (excluding diaryl/α,β-unsaturated/α-hetero) is 1. The number of carbonyl (C=O) groups excluding carboxylic acids is 2. The molecular formula is C14H12F3N3O3. The zero-order valence-electron chi connectivity index (χ0n) is 11.8. The average Bonchev–Trinajstić information content (AvgIpc) is 2.45. The van der Waals surface area contributed by atoms with E-state index in [2.05, 4.69) is 5.32 Å². The molecule has 9 heteroatoms. The maximum Gasteiger partial charge on any atom is 0.437 e. The molecule has 6 nitrogen and oxygen atoms in total. The number of nitrogens with one attached hydrogen (secondary N) is 2. The van der Waals surface area contributed by atoms with Gasteiger partial charge in [-0.2, -0.15) is 18.4 Å². The van der Waals surface area contributed by atoms with Gasteiger partial charge in [0, 0.05) is 0 Å². The molecule has 2 rings (SSSR count). The highest BCUT2D eigenvalue weighted by atomic mass is 19.4. The van der Waals surface area contributed by atoms with Gasteiger partial charge in [-0.25, -0.2) is 4.79 Å². The lowest BCUT2D eigenvalue weighted by molar-refractivity contribution is -0.290. The van der Waals surface area contributed by atoms with E-state index < -0.39 is 35.7 Å². The smallest absolute Gasteiger partial charge is 0.363 e. The normalized spacial score (nSPS) is 27.6. The Kier molecular flexibility index (Phi) is 4.05. The molecule has 3 N–H and O–H groups in total. The monoisotopic (exact) mass is 327 g/mol. The summed E-state index contributed by atoms with van der Waals surface area (Å²) in [5.74, 6) is -2.93. The first-order valence-electron chi connectivity index (χ1n) is 6.48. The second-order valence-corrected chi connectivity index (χ2v) is 5.16. The number of nitrogens with zero attached hydrogens (tertiary/aromatic N) is 1. The molecule has 1 aliphatic heterocycles. The van der Waals surface area contributed by atoms with Crippen LogP contribution < -0.4 is 10.6 Å². The molecule has 122 valence electrons. The number of benzene rings is 1. The van der Waals surface area contributed by atoms with Crippen molar-refractivity contribution < 1.29 is 27.9 Å². The van der Waals surface area contributed by atoms with Crippen molar-refractivity contribution in [3.05, 3.63) is 35.4 Å². The minimum Gasteiger partial charge on any atom is -0.363 e. The maximum absolute atomic E-state index is 13.2. The van der Waals surface area contributed by atoms with E-state index in [0.717, 1.165) is 6.92 Å². The fraction of sp³-hybridized carbons (Fsp3) is 0.357. The number of alkyl halides is 3. The van der Waals surface area contributed by atoms with Crippen LogP contribution in [0.15, 0.2) is 24.3 Å². The number of urea groups is 1. The molecule has 3 atom stereocenters. The Morgan fingerprint density at radius 1 is 1.35 bits per heavy atom. The number of rotatable bonds is 2. The van der Waals surface area contributed by atoms with Gasteiger partial charge in [0.2, 0.25) is 5.72 Å². The molecule has 1 aromatic rings. The Labute approximate surface area is 128 Å². The van der Waals surface area contributed by atoms with Gasteiger partial charge in [0.15, 0.2) is 0 Å². The largest absolute Gasteiger partial charge is 0.437 e. The van der Waals surface area contributed by atoms with Crippen LogP contribution in [0.25, 0.3) is 0 Å². The van der Waals surface area contributed by atoms with Crippen LogP contribution in [-0.4, -0.2) is 28.8 Å². The fourth-order valence-corrected chi connectivity index (χ4v) is 2.57. The van der Waals surface area contributed by atoms with Crippen LogP contribution >= 0.6 is 0 Å². The lowest BCUT2D eigenvalue weighted by Gasteiger charge is -2.44. The van der Waals surface area contributed by atoms with E-state index in [-0.39, 0.29) is 11.1 Å². The Balaban J connectivity index is 2.53. The number of amides is 2. The van der Waals surface area contributed by atoms with Crippen LogP contribution in [0, 0.1) is 17.2 Å². The molecule has 3 unspecified atom stereocenters. The molecule has 0 spiro atoms. The minimum absolute atomic E-state index is 0.168. The summed E-state index contributed by atoms with van der Waals surface area (Å²) in [6, 6.07) is 4.53. The van der Waals surface area contributed by atoms with Gasteiger partial charge in [-0.3, -0.25) is 4.79 Å². The summed E-state index contributed by atoms with van der Waals surface area (Å²) in [5, 5.41) is 22.3. The molecule has 1 heterocycles. The molecular weight excluding hydrogens is 315 g/mol. The van der Waals surface area contributed by atoms with Crippen molar-refractivity contribution in [3.8, 4) is 6.07 Å². The fourth-order valence-electron chi connectivity index (χ4n) is 2.57. The number of hydrogen-bond acceptors (Lipinski definition) is 4.